The monoisotopic (exact) mass is 302 g/mol. The lowest BCUT2D eigenvalue weighted by Crippen LogP contribution is -2.52. The van der Waals surface area contributed by atoms with E-state index >= 15 is 0 Å². The maximum absolute atomic E-state index is 12.3. The summed E-state index contributed by atoms with van der Waals surface area (Å²) in [6.45, 7) is 6.58. The van der Waals surface area contributed by atoms with Gasteiger partial charge in [-0.2, -0.15) is 0 Å². The van der Waals surface area contributed by atoms with Gasteiger partial charge in [-0.05, 0) is 44.4 Å². The normalized spacial score (nSPS) is 20.6. The molecule has 22 heavy (non-hydrogen) atoms. The highest BCUT2D eigenvalue weighted by Crippen LogP contribution is 2.20. The molecule has 0 unspecified atom stereocenters. The highest BCUT2D eigenvalue weighted by molar-refractivity contribution is 5.81. The number of carbonyl (C=O) groups is 1. The molecule has 0 spiro atoms. The molecule has 1 N–H and O–H groups in total. The minimum Gasteiger partial charge on any atom is -0.351 e. The standard InChI is InChI=1S/C17H26N4O/c1-13(21-8-6-20(2)7-9-21)17(22)19-12-14-10-15-4-3-5-16(15)18-11-14/h10-11,13H,3-9,12H2,1-2H3,(H,19,22)/t13-/m0/s1. The van der Waals surface area contributed by atoms with Crippen LogP contribution in [0.3, 0.4) is 0 Å². The van der Waals surface area contributed by atoms with E-state index in [-0.39, 0.29) is 11.9 Å². The van der Waals surface area contributed by atoms with E-state index in [0.717, 1.165) is 44.6 Å². The van der Waals surface area contributed by atoms with Crippen molar-refractivity contribution in [2.24, 2.45) is 0 Å². The van der Waals surface area contributed by atoms with Gasteiger partial charge in [0.1, 0.15) is 0 Å². The largest absolute Gasteiger partial charge is 0.351 e. The Morgan fingerprint density at radius 1 is 1.32 bits per heavy atom. The molecule has 1 amide bonds. The molecule has 0 bridgehead atoms. The Kier molecular flexibility index (Phi) is 4.74. The summed E-state index contributed by atoms with van der Waals surface area (Å²) in [4.78, 5) is 21.4. The SMILES string of the molecule is C[C@@H](C(=O)NCc1cnc2c(c1)CCC2)N1CCN(C)CC1. The van der Waals surface area contributed by atoms with Gasteiger partial charge in [-0.25, -0.2) is 0 Å². The van der Waals surface area contributed by atoms with E-state index < -0.39 is 0 Å². The van der Waals surface area contributed by atoms with Crippen LogP contribution in [-0.2, 0) is 24.2 Å². The fraction of sp³-hybridized carbons (Fsp3) is 0.647. The molecule has 1 saturated heterocycles. The molecule has 1 aromatic rings. The van der Waals surface area contributed by atoms with Crippen molar-refractivity contribution in [3.63, 3.8) is 0 Å². The van der Waals surface area contributed by atoms with Gasteiger partial charge in [0.2, 0.25) is 5.91 Å². The average molecular weight is 302 g/mol. The summed E-state index contributed by atoms with van der Waals surface area (Å²) in [6.07, 6.45) is 5.34. The average Bonchev–Trinajstić information content (AvgIpc) is 3.00. The molecule has 2 aliphatic rings. The van der Waals surface area contributed by atoms with Crippen molar-refractivity contribution >= 4 is 5.91 Å². The number of aryl methyl sites for hydroxylation is 2. The predicted octanol–water partition coefficient (Wildman–Crippen LogP) is 0.822. The van der Waals surface area contributed by atoms with Crippen LogP contribution in [0.2, 0.25) is 0 Å². The molecule has 3 rings (SSSR count). The molecule has 0 aromatic carbocycles. The second-order valence-electron chi connectivity index (χ2n) is 6.54. The second-order valence-corrected chi connectivity index (χ2v) is 6.54. The lowest BCUT2D eigenvalue weighted by Gasteiger charge is -2.35. The summed E-state index contributed by atoms with van der Waals surface area (Å²) in [7, 11) is 2.13. The molecule has 1 aromatic heterocycles. The van der Waals surface area contributed by atoms with Gasteiger partial charge in [-0.1, -0.05) is 6.07 Å². The maximum atomic E-state index is 12.3. The van der Waals surface area contributed by atoms with E-state index in [1.807, 2.05) is 13.1 Å². The molecule has 1 aliphatic heterocycles. The Morgan fingerprint density at radius 3 is 2.86 bits per heavy atom. The number of nitrogens with zero attached hydrogens (tertiary/aromatic N) is 3. The number of carbonyl (C=O) groups excluding carboxylic acids is 1. The van der Waals surface area contributed by atoms with Gasteiger partial charge in [0.05, 0.1) is 6.04 Å². The maximum Gasteiger partial charge on any atom is 0.237 e. The minimum atomic E-state index is -0.0592. The lowest BCUT2D eigenvalue weighted by molar-refractivity contribution is -0.126. The number of rotatable bonds is 4. The molecule has 120 valence electrons. The van der Waals surface area contributed by atoms with Gasteiger partial charge < -0.3 is 10.2 Å². The van der Waals surface area contributed by atoms with Gasteiger partial charge in [-0.15, -0.1) is 0 Å². The number of fused-ring (bicyclic) bond motifs is 1. The Balaban J connectivity index is 1.51. The fourth-order valence-corrected chi connectivity index (χ4v) is 3.28. The number of pyridine rings is 1. The Hall–Kier alpha value is -1.46. The van der Waals surface area contributed by atoms with Crippen molar-refractivity contribution < 1.29 is 4.79 Å². The third kappa shape index (κ3) is 3.47. The molecule has 2 heterocycles. The molecule has 5 nitrogen and oxygen atoms in total. The predicted molar refractivity (Wildman–Crippen MR) is 86.6 cm³/mol. The van der Waals surface area contributed by atoms with E-state index in [0.29, 0.717) is 6.54 Å². The van der Waals surface area contributed by atoms with Crippen LogP contribution >= 0.6 is 0 Å². The van der Waals surface area contributed by atoms with Gasteiger partial charge in [0, 0.05) is 44.6 Å². The van der Waals surface area contributed by atoms with Crippen LogP contribution in [-0.4, -0.2) is 60.0 Å². The van der Waals surface area contributed by atoms with E-state index in [1.165, 1.54) is 17.7 Å². The Bertz CT molecular complexity index is 537. The third-order valence-electron chi connectivity index (χ3n) is 4.91. The zero-order valence-corrected chi connectivity index (χ0v) is 13.6. The number of amides is 1. The lowest BCUT2D eigenvalue weighted by atomic mass is 10.1. The minimum absolute atomic E-state index is 0.0592. The summed E-state index contributed by atoms with van der Waals surface area (Å²) >= 11 is 0. The molecular formula is C17H26N4O. The van der Waals surface area contributed by atoms with Crippen LogP contribution in [0.5, 0.6) is 0 Å². The van der Waals surface area contributed by atoms with Crippen LogP contribution in [0.25, 0.3) is 0 Å². The topological polar surface area (TPSA) is 48.5 Å². The number of likely N-dealkylation sites (N-methyl/N-ethyl adjacent to an activating group) is 1. The van der Waals surface area contributed by atoms with Crippen molar-refractivity contribution in [2.75, 3.05) is 33.2 Å². The summed E-state index contributed by atoms with van der Waals surface area (Å²) in [5.41, 5.74) is 3.71. The third-order valence-corrected chi connectivity index (χ3v) is 4.91. The van der Waals surface area contributed by atoms with Gasteiger partial charge in [0.25, 0.3) is 0 Å². The van der Waals surface area contributed by atoms with Crippen molar-refractivity contribution in [3.05, 3.63) is 29.1 Å². The number of nitrogens with one attached hydrogen (secondary N) is 1. The molecule has 1 fully saturated rings. The van der Waals surface area contributed by atoms with Crippen LogP contribution in [0, 0.1) is 0 Å². The molecule has 1 atom stereocenters. The van der Waals surface area contributed by atoms with E-state index in [2.05, 4.69) is 33.2 Å². The van der Waals surface area contributed by atoms with Gasteiger partial charge in [0.15, 0.2) is 0 Å². The van der Waals surface area contributed by atoms with Crippen molar-refractivity contribution in [3.8, 4) is 0 Å². The summed E-state index contributed by atoms with van der Waals surface area (Å²) in [5.74, 6) is 0.116. The summed E-state index contributed by atoms with van der Waals surface area (Å²) in [6, 6.07) is 2.15. The number of hydrogen-bond acceptors (Lipinski definition) is 4. The van der Waals surface area contributed by atoms with Gasteiger partial charge in [-0.3, -0.25) is 14.7 Å². The molecule has 5 heteroatoms. The van der Waals surface area contributed by atoms with Gasteiger partial charge >= 0.3 is 0 Å². The highest BCUT2D eigenvalue weighted by Gasteiger charge is 2.24. The smallest absolute Gasteiger partial charge is 0.237 e. The Morgan fingerprint density at radius 2 is 2.09 bits per heavy atom. The van der Waals surface area contributed by atoms with E-state index in [9.17, 15) is 4.79 Å². The first-order valence-corrected chi connectivity index (χ1v) is 8.30. The number of hydrogen-bond donors (Lipinski definition) is 1. The zero-order chi connectivity index (χ0) is 15.5. The summed E-state index contributed by atoms with van der Waals surface area (Å²) < 4.78 is 0. The zero-order valence-electron chi connectivity index (χ0n) is 13.6. The first-order chi connectivity index (χ1) is 10.6. The second kappa shape index (κ2) is 6.75. The van der Waals surface area contributed by atoms with E-state index in [4.69, 9.17) is 0 Å². The fourth-order valence-electron chi connectivity index (χ4n) is 3.28. The van der Waals surface area contributed by atoms with E-state index in [1.54, 1.807) is 0 Å². The molecule has 0 saturated carbocycles. The van der Waals surface area contributed by atoms with Crippen LogP contribution in [0.15, 0.2) is 12.3 Å². The molecule has 0 radical (unpaired) electrons. The van der Waals surface area contributed by atoms with Crippen molar-refractivity contribution in [1.29, 1.82) is 0 Å². The molecule has 1 aliphatic carbocycles. The Labute approximate surface area is 132 Å². The molecular weight excluding hydrogens is 276 g/mol. The quantitative estimate of drug-likeness (QED) is 0.895. The van der Waals surface area contributed by atoms with Crippen LogP contribution in [0.1, 0.15) is 30.2 Å². The van der Waals surface area contributed by atoms with Crippen LogP contribution < -0.4 is 5.32 Å². The summed E-state index contributed by atoms with van der Waals surface area (Å²) in [5, 5.41) is 3.06. The first kappa shape index (κ1) is 15.4. The first-order valence-electron chi connectivity index (χ1n) is 8.30. The van der Waals surface area contributed by atoms with Crippen LogP contribution in [0.4, 0.5) is 0 Å². The van der Waals surface area contributed by atoms with Crippen molar-refractivity contribution in [1.82, 2.24) is 20.1 Å². The van der Waals surface area contributed by atoms with Crippen molar-refractivity contribution in [2.45, 2.75) is 38.8 Å². The number of aromatic nitrogens is 1. The highest BCUT2D eigenvalue weighted by atomic mass is 16.2. The number of piperazine rings is 1.